The molecule has 0 heterocycles. The van der Waals surface area contributed by atoms with Crippen molar-refractivity contribution in [1.29, 1.82) is 0 Å². The van der Waals surface area contributed by atoms with Crippen LogP contribution >= 0.6 is 0 Å². The highest BCUT2D eigenvalue weighted by Crippen LogP contribution is 2.62. The van der Waals surface area contributed by atoms with E-state index in [-0.39, 0.29) is 0 Å². The lowest BCUT2D eigenvalue weighted by molar-refractivity contribution is 0.414. The molecule has 0 radical (unpaired) electrons. The van der Waals surface area contributed by atoms with Gasteiger partial charge in [-0.1, -0.05) is 39.8 Å². The maximum atomic E-state index is 5.23. The van der Waals surface area contributed by atoms with Crippen molar-refractivity contribution >= 4 is 0 Å². The van der Waals surface area contributed by atoms with Crippen LogP contribution in [0, 0.1) is 10.8 Å². The molecule has 1 saturated carbocycles. The van der Waals surface area contributed by atoms with Crippen molar-refractivity contribution in [1.82, 2.24) is 5.32 Å². The van der Waals surface area contributed by atoms with Gasteiger partial charge < -0.3 is 10.1 Å². The number of rotatable bonds is 4. The van der Waals surface area contributed by atoms with Crippen LogP contribution in [0.3, 0.4) is 0 Å². The Morgan fingerprint density at radius 2 is 1.82 bits per heavy atom. The summed E-state index contributed by atoms with van der Waals surface area (Å²) in [6.45, 7) is 10.2. The molecule has 1 fully saturated rings. The summed E-state index contributed by atoms with van der Waals surface area (Å²) < 4.78 is 5.23. The van der Waals surface area contributed by atoms with Gasteiger partial charge in [-0.15, -0.1) is 0 Å². The summed E-state index contributed by atoms with van der Waals surface area (Å²) >= 11 is 0. The van der Waals surface area contributed by atoms with Crippen LogP contribution in [0.4, 0.5) is 0 Å². The molecule has 2 rings (SSSR count). The number of methoxy groups -OCH3 is 1. The van der Waals surface area contributed by atoms with Gasteiger partial charge in [0.05, 0.1) is 7.11 Å². The molecule has 0 aromatic heterocycles. The highest BCUT2D eigenvalue weighted by atomic mass is 16.5. The lowest BCUT2D eigenvalue weighted by Crippen LogP contribution is -2.21. The molecule has 1 aromatic carbocycles. The van der Waals surface area contributed by atoms with Gasteiger partial charge in [-0.25, -0.2) is 0 Å². The van der Waals surface area contributed by atoms with Crippen LogP contribution in [0.1, 0.15) is 33.3 Å². The van der Waals surface area contributed by atoms with E-state index in [1.165, 1.54) is 5.56 Å². The van der Waals surface area contributed by atoms with Crippen molar-refractivity contribution in [2.75, 3.05) is 7.11 Å². The fraction of sp³-hybridized carbons (Fsp3) is 0.600. The van der Waals surface area contributed by atoms with Crippen LogP contribution in [0.5, 0.6) is 5.75 Å². The summed E-state index contributed by atoms with van der Waals surface area (Å²) in [5.41, 5.74) is 2.07. The Labute approximate surface area is 104 Å². The second-order valence-corrected chi connectivity index (χ2v) is 6.11. The van der Waals surface area contributed by atoms with Crippen molar-refractivity contribution in [2.24, 2.45) is 10.8 Å². The average molecular weight is 233 g/mol. The largest absolute Gasteiger partial charge is 0.497 e. The smallest absolute Gasteiger partial charge is 0.119 e. The summed E-state index contributed by atoms with van der Waals surface area (Å²) in [7, 11) is 1.71. The molecule has 94 valence electrons. The molecule has 1 aliphatic carbocycles. The topological polar surface area (TPSA) is 21.3 Å². The molecule has 0 amide bonds. The van der Waals surface area contributed by atoms with Crippen LogP contribution in [-0.4, -0.2) is 13.2 Å². The van der Waals surface area contributed by atoms with Gasteiger partial charge in [-0.2, -0.15) is 0 Å². The van der Waals surface area contributed by atoms with Crippen molar-refractivity contribution < 1.29 is 4.74 Å². The molecule has 0 bridgehead atoms. The van der Waals surface area contributed by atoms with E-state index in [0.29, 0.717) is 16.9 Å². The third-order valence-electron chi connectivity index (χ3n) is 4.67. The fourth-order valence-corrected chi connectivity index (χ4v) is 2.71. The zero-order chi connectivity index (χ0) is 12.7. The van der Waals surface area contributed by atoms with Gasteiger partial charge in [0.2, 0.25) is 0 Å². The highest BCUT2D eigenvalue weighted by molar-refractivity contribution is 5.29. The quantitative estimate of drug-likeness (QED) is 0.862. The first kappa shape index (κ1) is 12.4. The van der Waals surface area contributed by atoms with Crippen molar-refractivity contribution in [3.63, 3.8) is 0 Å². The minimum Gasteiger partial charge on any atom is -0.497 e. The Kier molecular flexibility index (Phi) is 2.94. The number of ether oxygens (including phenoxy) is 1. The average Bonchev–Trinajstić information content (AvgIpc) is 2.67. The molecule has 0 aliphatic heterocycles. The second-order valence-electron chi connectivity index (χ2n) is 6.11. The van der Waals surface area contributed by atoms with Crippen LogP contribution in [-0.2, 0) is 6.54 Å². The lowest BCUT2D eigenvalue weighted by Gasteiger charge is -2.08. The van der Waals surface area contributed by atoms with E-state index in [1.54, 1.807) is 7.11 Å². The Hall–Kier alpha value is -1.02. The van der Waals surface area contributed by atoms with Crippen molar-refractivity contribution in [2.45, 2.75) is 40.3 Å². The summed E-state index contributed by atoms with van der Waals surface area (Å²) in [6.07, 6.45) is 0. The standard InChI is InChI=1S/C15H23NO/c1-14(2)13(15(14,3)4)16-10-11-7-6-8-12(9-11)17-5/h6-9,13,16H,10H2,1-5H3. The van der Waals surface area contributed by atoms with E-state index in [0.717, 1.165) is 12.3 Å². The monoisotopic (exact) mass is 233 g/mol. The van der Waals surface area contributed by atoms with E-state index in [9.17, 15) is 0 Å². The highest BCUT2D eigenvalue weighted by Gasteiger charge is 2.64. The van der Waals surface area contributed by atoms with Gasteiger partial charge in [0.1, 0.15) is 5.75 Å². The zero-order valence-electron chi connectivity index (χ0n) is 11.5. The van der Waals surface area contributed by atoms with Crippen LogP contribution in [0.15, 0.2) is 24.3 Å². The predicted octanol–water partition coefficient (Wildman–Crippen LogP) is 3.22. The third kappa shape index (κ3) is 2.06. The molecule has 0 unspecified atom stereocenters. The molecular weight excluding hydrogens is 210 g/mol. The molecule has 2 heteroatoms. The first-order valence-corrected chi connectivity index (χ1v) is 6.26. The Bertz CT molecular complexity index is 395. The minimum atomic E-state index is 0.395. The Balaban J connectivity index is 1.95. The molecule has 2 nitrogen and oxygen atoms in total. The van der Waals surface area contributed by atoms with Crippen molar-refractivity contribution in [3.05, 3.63) is 29.8 Å². The number of benzene rings is 1. The summed E-state index contributed by atoms with van der Waals surface area (Å²) in [5.74, 6) is 0.929. The first-order chi connectivity index (χ1) is 7.89. The van der Waals surface area contributed by atoms with Gasteiger partial charge >= 0.3 is 0 Å². The van der Waals surface area contributed by atoms with Gasteiger partial charge in [0.25, 0.3) is 0 Å². The zero-order valence-corrected chi connectivity index (χ0v) is 11.5. The molecule has 0 saturated heterocycles. The van der Waals surface area contributed by atoms with E-state index in [4.69, 9.17) is 4.74 Å². The van der Waals surface area contributed by atoms with E-state index in [1.807, 2.05) is 12.1 Å². The molecule has 1 N–H and O–H groups in total. The van der Waals surface area contributed by atoms with Crippen LogP contribution in [0.2, 0.25) is 0 Å². The molecule has 1 aliphatic rings. The van der Waals surface area contributed by atoms with Crippen LogP contribution in [0.25, 0.3) is 0 Å². The van der Waals surface area contributed by atoms with E-state index in [2.05, 4.69) is 45.1 Å². The van der Waals surface area contributed by atoms with Gasteiger partial charge in [0.15, 0.2) is 0 Å². The minimum absolute atomic E-state index is 0.395. The molecule has 0 spiro atoms. The maximum Gasteiger partial charge on any atom is 0.119 e. The third-order valence-corrected chi connectivity index (χ3v) is 4.67. The SMILES string of the molecule is COc1cccc(CNC2C(C)(C)C2(C)C)c1. The molecule has 17 heavy (non-hydrogen) atoms. The normalized spacial score (nSPS) is 21.2. The fourth-order valence-electron chi connectivity index (χ4n) is 2.71. The van der Waals surface area contributed by atoms with Crippen molar-refractivity contribution in [3.8, 4) is 5.75 Å². The molecule has 1 aromatic rings. The number of hydrogen-bond acceptors (Lipinski definition) is 2. The van der Waals surface area contributed by atoms with Gasteiger partial charge in [0, 0.05) is 12.6 Å². The summed E-state index contributed by atoms with van der Waals surface area (Å²) in [4.78, 5) is 0. The summed E-state index contributed by atoms with van der Waals surface area (Å²) in [6, 6.07) is 8.85. The Morgan fingerprint density at radius 3 is 2.35 bits per heavy atom. The lowest BCUT2D eigenvalue weighted by atomic mass is 10.0. The Morgan fingerprint density at radius 1 is 1.18 bits per heavy atom. The van der Waals surface area contributed by atoms with Gasteiger partial charge in [-0.05, 0) is 28.5 Å². The molecular formula is C15H23NO. The number of hydrogen-bond donors (Lipinski definition) is 1. The summed E-state index contributed by atoms with van der Waals surface area (Å²) in [5, 5.41) is 3.65. The van der Waals surface area contributed by atoms with E-state index >= 15 is 0 Å². The number of nitrogens with one attached hydrogen (secondary N) is 1. The second kappa shape index (κ2) is 4.02. The van der Waals surface area contributed by atoms with E-state index < -0.39 is 0 Å². The predicted molar refractivity (Wildman–Crippen MR) is 71.2 cm³/mol. The van der Waals surface area contributed by atoms with Crippen LogP contribution < -0.4 is 10.1 Å². The molecule has 0 atom stereocenters. The maximum absolute atomic E-state index is 5.23. The first-order valence-electron chi connectivity index (χ1n) is 6.26. The van der Waals surface area contributed by atoms with Gasteiger partial charge in [-0.3, -0.25) is 0 Å².